The van der Waals surface area contributed by atoms with E-state index >= 15 is 0 Å². The van der Waals surface area contributed by atoms with Crippen LogP contribution in [0.25, 0.3) is 22.3 Å². The molecule has 32 heavy (non-hydrogen) atoms. The summed E-state index contributed by atoms with van der Waals surface area (Å²) in [5.74, 6) is 1.50. The fourth-order valence-electron chi connectivity index (χ4n) is 3.81. The van der Waals surface area contributed by atoms with E-state index < -0.39 is 0 Å². The van der Waals surface area contributed by atoms with E-state index in [9.17, 15) is 4.79 Å². The molecule has 0 bridgehead atoms. The number of aliphatic hydroxyl groups excluding tert-OH is 1. The third-order valence-electron chi connectivity index (χ3n) is 5.58. The standard InChI is InChI=1S/C26H26N2O4/c1-31-22-8-4-18(5-9-22)24-14-20-16-26(30)28(12-3-13-29)27-17-21(20)15-25(24)19-6-10-23(32-2)11-7-19/h4-11,14-15,17,29H,3,12-13,16H2,1-2H3. The summed E-state index contributed by atoms with van der Waals surface area (Å²) in [4.78, 5) is 12.7. The molecule has 0 fully saturated rings. The van der Waals surface area contributed by atoms with Gasteiger partial charge in [-0.25, -0.2) is 5.01 Å². The average Bonchev–Trinajstić information content (AvgIpc) is 2.99. The van der Waals surface area contributed by atoms with Crippen molar-refractivity contribution in [1.82, 2.24) is 5.01 Å². The Kier molecular flexibility index (Phi) is 6.52. The SMILES string of the molecule is COc1ccc(-c2cc3c(cc2-c2ccc(OC)cc2)CC(=O)N(CCCO)N=C3)cc1. The molecule has 6 nitrogen and oxygen atoms in total. The maximum atomic E-state index is 12.7. The molecule has 1 heterocycles. The second-order valence-corrected chi connectivity index (χ2v) is 7.57. The number of aliphatic hydroxyl groups is 1. The van der Waals surface area contributed by atoms with Crippen molar-refractivity contribution in [2.24, 2.45) is 5.10 Å². The highest BCUT2D eigenvalue weighted by molar-refractivity contribution is 5.95. The van der Waals surface area contributed by atoms with Crippen molar-refractivity contribution >= 4 is 12.1 Å². The molecule has 1 amide bonds. The topological polar surface area (TPSA) is 71.4 Å². The molecule has 1 aliphatic heterocycles. The number of hydrazone groups is 1. The number of amides is 1. The Hall–Kier alpha value is -3.64. The van der Waals surface area contributed by atoms with Crippen molar-refractivity contribution in [2.75, 3.05) is 27.4 Å². The van der Waals surface area contributed by atoms with Gasteiger partial charge in [0.1, 0.15) is 11.5 Å². The van der Waals surface area contributed by atoms with Gasteiger partial charge in [-0.15, -0.1) is 0 Å². The van der Waals surface area contributed by atoms with Crippen LogP contribution in [-0.4, -0.2) is 49.6 Å². The van der Waals surface area contributed by atoms with Crippen molar-refractivity contribution in [3.63, 3.8) is 0 Å². The third kappa shape index (κ3) is 4.50. The van der Waals surface area contributed by atoms with Crippen molar-refractivity contribution < 1.29 is 19.4 Å². The minimum Gasteiger partial charge on any atom is -0.497 e. The van der Waals surface area contributed by atoms with Crippen LogP contribution in [0.4, 0.5) is 0 Å². The number of benzene rings is 3. The van der Waals surface area contributed by atoms with E-state index in [1.807, 2.05) is 48.5 Å². The lowest BCUT2D eigenvalue weighted by Gasteiger charge is -2.16. The molecule has 0 spiro atoms. The van der Waals surface area contributed by atoms with Gasteiger partial charge in [0, 0.05) is 13.2 Å². The lowest BCUT2D eigenvalue weighted by molar-refractivity contribution is -0.130. The number of nitrogens with zero attached hydrogens (tertiary/aromatic N) is 2. The highest BCUT2D eigenvalue weighted by Gasteiger charge is 2.21. The van der Waals surface area contributed by atoms with Crippen molar-refractivity contribution in [3.8, 4) is 33.8 Å². The van der Waals surface area contributed by atoms with Crippen molar-refractivity contribution in [3.05, 3.63) is 71.8 Å². The summed E-state index contributed by atoms with van der Waals surface area (Å²) < 4.78 is 10.6. The summed E-state index contributed by atoms with van der Waals surface area (Å²) in [6.07, 6.45) is 2.49. The van der Waals surface area contributed by atoms with Crippen LogP contribution < -0.4 is 9.47 Å². The van der Waals surface area contributed by atoms with Crippen LogP contribution in [-0.2, 0) is 11.2 Å². The van der Waals surface area contributed by atoms with Crippen LogP contribution in [0.15, 0.2) is 65.8 Å². The molecule has 0 atom stereocenters. The Bertz CT molecular complexity index is 1120. The lowest BCUT2D eigenvalue weighted by atomic mass is 9.89. The summed E-state index contributed by atoms with van der Waals surface area (Å²) in [6.45, 7) is 0.423. The molecule has 0 aliphatic carbocycles. The highest BCUT2D eigenvalue weighted by atomic mass is 16.5. The third-order valence-corrected chi connectivity index (χ3v) is 5.58. The maximum absolute atomic E-state index is 12.7. The first-order chi connectivity index (χ1) is 15.6. The minimum atomic E-state index is -0.0775. The second-order valence-electron chi connectivity index (χ2n) is 7.57. The summed E-state index contributed by atoms with van der Waals surface area (Å²) >= 11 is 0. The molecule has 1 N–H and O–H groups in total. The fourth-order valence-corrected chi connectivity index (χ4v) is 3.81. The zero-order valence-corrected chi connectivity index (χ0v) is 18.2. The quantitative estimate of drug-likeness (QED) is 0.612. The number of carbonyl (C=O) groups excluding carboxylic acids is 1. The molecular formula is C26H26N2O4. The predicted octanol–water partition coefficient (Wildman–Crippen LogP) is 4.14. The van der Waals surface area contributed by atoms with Crippen LogP contribution in [0.5, 0.6) is 11.5 Å². The van der Waals surface area contributed by atoms with Gasteiger partial charge in [-0.05, 0) is 76.2 Å². The van der Waals surface area contributed by atoms with Gasteiger partial charge in [0.05, 0.1) is 26.9 Å². The summed E-state index contributed by atoms with van der Waals surface area (Å²) in [5.41, 5.74) is 5.98. The number of methoxy groups -OCH3 is 2. The van der Waals surface area contributed by atoms with Gasteiger partial charge in [0.2, 0.25) is 5.91 Å². The van der Waals surface area contributed by atoms with Gasteiger partial charge in [0.25, 0.3) is 0 Å². The number of carbonyl (C=O) groups is 1. The molecule has 0 unspecified atom stereocenters. The molecule has 0 saturated heterocycles. The molecule has 6 heteroatoms. The van der Waals surface area contributed by atoms with E-state index in [2.05, 4.69) is 17.2 Å². The first kappa shape index (κ1) is 21.6. The van der Waals surface area contributed by atoms with Gasteiger partial charge in [-0.2, -0.15) is 5.10 Å². The Balaban J connectivity index is 1.82. The second kappa shape index (κ2) is 9.66. The monoisotopic (exact) mass is 430 g/mol. The van der Waals surface area contributed by atoms with Crippen molar-refractivity contribution in [2.45, 2.75) is 12.8 Å². The largest absolute Gasteiger partial charge is 0.497 e. The van der Waals surface area contributed by atoms with Gasteiger partial charge < -0.3 is 14.6 Å². The Morgan fingerprint density at radius 3 is 2.00 bits per heavy atom. The Labute approximate surface area is 187 Å². The average molecular weight is 431 g/mol. The molecule has 1 aliphatic rings. The minimum absolute atomic E-state index is 0.0233. The van der Waals surface area contributed by atoms with E-state index in [1.54, 1.807) is 20.4 Å². The molecule has 0 saturated carbocycles. The molecular weight excluding hydrogens is 404 g/mol. The number of hydrogen-bond donors (Lipinski definition) is 1. The molecule has 164 valence electrons. The van der Waals surface area contributed by atoms with E-state index in [4.69, 9.17) is 14.6 Å². The first-order valence-corrected chi connectivity index (χ1v) is 10.5. The fraction of sp³-hybridized carbons (Fsp3) is 0.231. The van der Waals surface area contributed by atoms with E-state index in [0.717, 1.165) is 44.9 Å². The van der Waals surface area contributed by atoms with Crippen LogP contribution in [0.1, 0.15) is 17.5 Å². The van der Waals surface area contributed by atoms with Gasteiger partial charge in [-0.3, -0.25) is 4.79 Å². The van der Waals surface area contributed by atoms with Gasteiger partial charge in [0.15, 0.2) is 0 Å². The summed E-state index contributed by atoms with van der Waals surface area (Å²) in [7, 11) is 3.30. The number of ether oxygens (including phenoxy) is 2. The highest BCUT2D eigenvalue weighted by Crippen LogP contribution is 2.36. The predicted molar refractivity (Wildman–Crippen MR) is 125 cm³/mol. The molecule has 3 aromatic rings. The van der Waals surface area contributed by atoms with Crippen LogP contribution in [0.2, 0.25) is 0 Å². The summed E-state index contributed by atoms with van der Waals surface area (Å²) in [5, 5.41) is 14.9. The van der Waals surface area contributed by atoms with Crippen molar-refractivity contribution in [1.29, 1.82) is 0 Å². The smallest absolute Gasteiger partial charge is 0.247 e. The Morgan fingerprint density at radius 2 is 1.47 bits per heavy atom. The number of rotatable bonds is 7. The van der Waals surface area contributed by atoms with E-state index in [-0.39, 0.29) is 18.9 Å². The number of fused-ring (bicyclic) bond motifs is 1. The van der Waals surface area contributed by atoms with Gasteiger partial charge >= 0.3 is 0 Å². The molecule has 0 radical (unpaired) electrons. The van der Waals surface area contributed by atoms with Crippen LogP contribution >= 0.6 is 0 Å². The molecule has 0 aromatic heterocycles. The van der Waals surface area contributed by atoms with E-state index in [1.165, 1.54) is 5.01 Å². The Morgan fingerprint density at radius 1 is 0.906 bits per heavy atom. The maximum Gasteiger partial charge on any atom is 0.247 e. The van der Waals surface area contributed by atoms with Gasteiger partial charge in [-0.1, -0.05) is 24.3 Å². The van der Waals surface area contributed by atoms with Crippen LogP contribution in [0, 0.1) is 0 Å². The van der Waals surface area contributed by atoms with E-state index in [0.29, 0.717) is 13.0 Å². The molecule has 4 rings (SSSR count). The lowest BCUT2D eigenvalue weighted by Crippen LogP contribution is -2.27. The number of hydrogen-bond acceptors (Lipinski definition) is 5. The normalized spacial score (nSPS) is 13.0. The zero-order valence-electron chi connectivity index (χ0n) is 18.2. The van der Waals surface area contributed by atoms with Crippen LogP contribution in [0.3, 0.4) is 0 Å². The summed E-state index contributed by atoms with van der Waals surface area (Å²) in [6, 6.07) is 20.0. The molecule has 3 aromatic carbocycles. The first-order valence-electron chi connectivity index (χ1n) is 10.5. The zero-order chi connectivity index (χ0) is 22.5.